The Labute approximate surface area is 290 Å². The van der Waals surface area contributed by atoms with E-state index in [1.165, 1.54) is 76.8 Å². The van der Waals surface area contributed by atoms with Gasteiger partial charge in [-0.25, -0.2) is 0 Å². The van der Waals surface area contributed by atoms with E-state index in [1.54, 1.807) is 0 Å². The Balaban J connectivity index is 1.07. The van der Waals surface area contributed by atoms with Crippen LogP contribution >= 0.6 is 0 Å². The third-order valence-electron chi connectivity index (χ3n) is 10.1. The summed E-state index contributed by atoms with van der Waals surface area (Å²) in [4.78, 5) is 9.00. The predicted octanol–water partition coefficient (Wildman–Crippen LogP) is 12.9. The summed E-state index contributed by atoms with van der Waals surface area (Å²) in [5.74, 6) is 0. The summed E-state index contributed by atoms with van der Waals surface area (Å²) in [5.41, 5.74) is 11.7. The number of fused-ring (bicyclic) bond motifs is 7. The third kappa shape index (κ3) is 4.81. The van der Waals surface area contributed by atoms with Crippen molar-refractivity contribution in [2.24, 2.45) is 0 Å². The van der Waals surface area contributed by atoms with Gasteiger partial charge >= 0.3 is 0 Å². The molecule has 10 aromatic rings. The minimum atomic E-state index is 1.01. The first-order chi connectivity index (χ1) is 24.7. The highest BCUT2D eigenvalue weighted by molar-refractivity contribution is 6.23. The Morgan fingerprint density at radius 2 is 0.800 bits per heavy atom. The Morgan fingerprint density at radius 3 is 1.46 bits per heavy atom. The van der Waals surface area contributed by atoms with Crippen LogP contribution < -0.4 is 0 Å². The van der Waals surface area contributed by atoms with Crippen molar-refractivity contribution in [2.75, 3.05) is 0 Å². The van der Waals surface area contributed by atoms with E-state index in [2.05, 4.69) is 168 Å². The molecule has 0 saturated carbocycles. The van der Waals surface area contributed by atoms with E-state index in [0.29, 0.717) is 0 Å². The van der Waals surface area contributed by atoms with Crippen molar-refractivity contribution in [2.45, 2.75) is 0 Å². The second-order valence-electron chi connectivity index (χ2n) is 13.1. The average molecular weight is 635 g/mol. The van der Waals surface area contributed by atoms with Crippen molar-refractivity contribution in [3.8, 4) is 44.5 Å². The molecule has 2 nitrogen and oxygen atoms in total. The van der Waals surface area contributed by atoms with E-state index in [0.717, 1.165) is 21.8 Å². The van der Waals surface area contributed by atoms with Crippen LogP contribution in [-0.4, -0.2) is 9.97 Å². The number of benzene rings is 8. The van der Waals surface area contributed by atoms with Gasteiger partial charge in [-0.05, 0) is 137 Å². The number of pyridine rings is 2. The lowest BCUT2D eigenvalue weighted by Crippen LogP contribution is -1.88. The molecule has 0 aliphatic carbocycles. The molecule has 2 heterocycles. The summed E-state index contributed by atoms with van der Waals surface area (Å²) in [7, 11) is 0. The van der Waals surface area contributed by atoms with Crippen molar-refractivity contribution in [3.63, 3.8) is 0 Å². The average Bonchev–Trinajstić information content (AvgIpc) is 3.20. The van der Waals surface area contributed by atoms with Gasteiger partial charge in [0, 0.05) is 23.2 Å². The second kappa shape index (κ2) is 11.5. The summed E-state index contributed by atoms with van der Waals surface area (Å²) >= 11 is 0. The zero-order valence-corrected chi connectivity index (χ0v) is 27.2. The lowest BCUT2D eigenvalue weighted by atomic mass is 9.89. The minimum absolute atomic E-state index is 1.01. The number of hydrogen-bond donors (Lipinski definition) is 0. The molecule has 0 unspecified atom stereocenters. The summed E-state index contributed by atoms with van der Waals surface area (Å²) in [6, 6.07) is 61.7. The fraction of sp³-hybridized carbons (Fsp3) is 0. The van der Waals surface area contributed by atoms with Gasteiger partial charge in [-0.15, -0.1) is 0 Å². The van der Waals surface area contributed by atoms with Crippen LogP contribution in [0.5, 0.6) is 0 Å². The number of rotatable bonds is 4. The molecule has 0 saturated heterocycles. The van der Waals surface area contributed by atoms with Crippen LogP contribution in [0.4, 0.5) is 0 Å². The van der Waals surface area contributed by atoms with Crippen molar-refractivity contribution in [1.29, 1.82) is 0 Å². The van der Waals surface area contributed by atoms with E-state index in [1.807, 2.05) is 24.5 Å². The molecule has 0 aliphatic rings. The van der Waals surface area contributed by atoms with Gasteiger partial charge in [0.1, 0.15) is 0 Å². The molecule has 8 aromatic carbocycles. The molecule has 0 aliphatic heterocycles. The van der Waals surface area contributed by atoms with Crippen molar-refractivity contribution in [1.82, 2.24) is 9.97 Å². The van der Waals surface area contributed by atoms with Crippen LogP contribution in [-0.2, 0) is 0 Å². The maximum Gasteiger partial charge on any atom is 0.0702 e. The van der Waals surface area contributed by atoms with Gasteiger partial charge in [0.05, 0.1) is 11.0 Å². The lowest BCUT2D eigenvalue weighted by molar-refractivity contribution is 1.41. The molecule has 0 bridgehead atoms. The lowest BCUT2D eigenvalue weighted by Gasteiger charge is -2.15. The van der Waals surface area contributed by atoms with Gasteiger partial charge in [0.2, 0.25) is 0 Å². The van der Waals surface area contributed by atoms with Crippen LogP contribution in [0.15, 0.2) is 182 Å². The number of aromatic nitrogens is 2. The maximum atomic E-state index is 4.51. The van der Waals surface area contributed by atoms with Crippen LogP contribution in [0.2, 0.25) is 0 Å². The predicted molar refractivity (Wildman–Crippen MR) is 211 cm³/mol. The molecule has 232 valence electrons. The molecule has 10 rings (SSSR count). The van der Waals surface area contributed by atoms with Gasteiger partial charge in [-0.1, -0.05) is 109 Å². The SMILES string of the molecule is c1cc(-c2ccc3ncccc3c2)cc(-c2ccc3c(ccc4cc(-c5cccc(-c6ccc7ncccc7c6)c5)c5ccccc5c43)c2)c1. The van der Waals surface area contributed by atoms with Crippen molar-refractivity contribution in [3.05, 3.63) is 182 Å². The van der Waals surface area contributed by atoms with Crippen LogP contribution in [0.25, 0.3) is 98.6 Å². The molecule has 0 N–H and O–H groups in total. The number of nitrogens with zero attached hydrogens (tertiary/aromatic N) is 2. The van der Waals surface area contributed by atoms with Gasteiger partial charge in [-0.2, -0.15) is 0 Å². The standard InChI is InChI=1S/C48H30N2/c1-2-14-44-43(13-1)45(37-10-4-9-33(26-37)36-19-22-47-40(29-36)12-6-24-50-47)30-41-16-15-38-27-34(17-20-42(38)48(41)44)31-7-3-8-32(25-31)35-18-21-46-39(28-35)11-5-23-49-46/h1-30H. The first-order valence-corrected chi connectivity index (χ1v) is 17.0. The minimum Gasteiger partial charge on any atom is -0.256 e. The monoisotopic (exact) mass is 634 g/mol. The van der Waals surface area contributed by atoms with E-state index < -0.39 is 0 Å². The normalized spacial score (nSPS) is 11.6. The van der Waals surface area contributed by atoms with Gasteiger partial charge < -0.3 is 0 Å². The third-order valence-corrected chi connectivity index (χ3v) is 10.1. The highest BCUT2D eigenvalue weighted by Gasteiger charge is 2.13. The van der Waals surface area contributed by atoms with Crippen molar-refractivity contribution >= 4 is 54.1 Å². The largest absolute Gasteiger partial charge is 0.256 e. The molecular formula is C48H30N2. The molecular weight excluding hydrogens is 605 g/mol. The molecule has 0 radical (unpaired) electrons. The van der Waals surface area contributed by atoms with Gasteiger partial charge in [0.25, 0.3) is 0 Å². The van der Waals surface area contributed by atoms with Crippen molar-refractivity contribution < 1.29 is 0 Å². The Hall–Kier alpha value is -6.64. The summed E-state index contributed by atoms with van der Waals surface area (Å²) in [6.45, 7) is 0. The quantitative estimate of drug-likeness (QED) is 0.180. The van der Waals surface area contributed by atoms with E-state index in [-0.39, 0.29) is 0 Å². The van der Waals surface area contributed by atoms with Gasteiger partial charge in [-0.3, -0.25) is 9.97 Å². The molecule has 0 amide bonds. The van der Waals surface area contributed by atoms with Crippen LogP contribution in [0.3, 0.4) is 0 Å². The second-order valence-corrected chi connectivity index (χ2v) is 13.1. The first kappa shape index (κ1) is 28.4. The molecule has 0 atom stereocenters. The molecule has 50 heavy (non-hydrogen) atoms. The zero-order chi connectivity index (χ0) is 33.0. The molecule has 0 spiro atoms. The number of hydrogen-bond acceptors (Lipinski definition) is 2. The summed E-state index contributed by atoms with van der Waals surface area (Å²) in [5, 5.41) is 9.88. The van der Waals surface area contributed by atoms with E-state index in [9.17, 15) is 0 Å². The summed E-state index contributed by atoms with van der Waals surface area (Å²) < 4.78 is 0. The highest BCUT2D eigenvalue weighted by atomic mass is 14.6. The van der Waals surface area contributed by atoms with Crippen LogP contribution in [0, 0.1) is 0 Å². The maximum absolute atomic E-state index is 4.51. The molecule has 2 heteroatoms. The van der Waals surface area contributed by atoms with Crippen LogP contribution in [0.1, 0.15) is 0 Å². The fourth-order valence-electron chi connectivity index (χ4n) is 7.61. The highest BCUT2D eigenvalue weighted by Crippen LogP contribution is 2.40. The Kier molecular flexibility index (Phi) is 6.53. The fourth-order valence-corrected chi connectivity index (χ4v) is 7.61. The zero-order valence-electron chi connectivity index (χ0n) is 27.2. The first-order valence-electron chi connectivity index (χ1n) is 17.0. The van der Waals surface area contributed by atoms with E-state index in [4.69, 9.17) is 0 Å². The topological polar surface area (TPSA) is 25.8 Å². The Bertz CT molecular complexity index is 2940. The Morgan fingerprint density at radius 1 is 0.280 bits per heavy atom. The summed E-state index contributed by atoms with van der Waals surface area (Å²) in [6.07, 6.45) is 3.69. The smallest absolute Gasteiger partial charge is 0.0702 e. The molecule has 2 aromatic heterocycles. The van der Waals surface area contributed by atoms with E-state index >= 15 is 0 Å². The van der Waals surface area contributed by atoms with Gasteiger partial charge in [0.15, 0.2) is 0 Å². The molecule has 0 fully saturated rings.